The van der Waals surface area contributed by atoms with Crippen LogP contribution in [0.4, 0.5) is 0 Å². The van der Waals surface area contributed by atoms with E-state index in [1.807, 2.05) is 41.3 Å². The van der Waals surface area contributed by atoms with Gasteiger partial charge in [-0.15, -0.1) is 0 Å². The second-order valence-corrected chi connectivity index (χ2v) is 9.81. The number of likely N-dealkylation sites (N-methyl/N-ethyl adjacent to an activating group) is 1. The van der Waals surface area contributed by atoms with Crippen LogP contribution in [-0.4, -0.2) is 60.0 Å². The van der Waals surface area contributed by atoms with Gasteiger partial charge >= 0.3 is 0 Å². The summed E-state index contributed by atoms with van der Waals surface area (Å²) < 4.78 is 7.37. The van der Waals surface area contributed by atoms with Crippen molar-refractivity contribution < 1.29 is 9.53 Å². The van der Waals surface area contributed by atoms with Crippen LogP contribution in [-0.2, 0) is 11.4 Å². The number of allylic oxidation sites excluding steroid dienone is 4. The number of carbonyl (C=O) groups is 1. The Morgan fingerprint density at radius 2 is 2.05 bits per heavy atom. The van der Waals surface area contributed by atoms with Crippen LogP contribution in [0.25, 0.3) is 5.70 Å². The molecule has 1 fully saturated rings. The predicted molar refractivity (Wildman–Crippen MR) is 146 cm³/mol. The Bertz CT molecular complexity index is 1320. The van der Waals surface area contributed by atoms with Crippen LogP contribution < -0.4 is 15.6 Å². The topological polar surface area (TPSA) is 66.8 Å². The molecule has 1 amide bonds. The molecule has 3 aliphatic heterocycles. The molecule has 1 unspecified atom stereocenters. The van der Waals surface area contributed by atoms with Crippen molar-refractivity contribution in [3.63, 3.8) is 0 Å². The molecule has 1 N–H and O–H groups in total. The van der Waals surface area contributed by atoms with Crippen molar-refractivity contribution in [1.82, 2.24) is 19.7 Å². The molecule has 0 bridgehead atoms. The van der Waals surface area contributed by atoms with Crippen molar-refractivity contribution in [3.05, 3.63) is 106 Å². The number of aromatic nitrogens is 1. The maximum Gasteiger partial charge on any atom is 0.258 e. The maximum absolute atomic E-state index is 13.0. The molecule has 4 heterocycles. The third-order valence-electron chi connectivity index (χ3n) is 7.37. The van der Waals surface area contributed by atoms with E-state index in [1.54, 1.807) is 22.9 Å². The average molecular weight is 499 g/mol. The summed E-state index contributed by atoms with van der Waals surface area (Å²) in [7, 11) is 2.10. The van der Waals surface area contributed by atoms with Crippen LogP contribution in [0, 0.1) is 5.92 Å². The standard InChI is InChI=1S/C30H34N4O3/c1-3-25(34-16-12-26(17-29(34)35)37-21-22-7-5-4-6-8-22)10-9-24-19-32(2)28-13-15-33(20-27(24)28)30(36)23-11-14-31-18-23/h3-10,12,16-17,23,31H,1,11,13-15,18-21H2,2H3/b24-9+,25-10+. The van der Waals surface area contributed by atoms with E-state index < -0.39 is 0 Å². The van der Waals surface area contributed by atoms with Gasteiger partial charge < -0.3 is 19.9 Å². The number of nitrogens with zero attached hydrogens (tertiary/aromatic N) is 3. The fraction of sp³-hybridized carbons (Fsp3) is 0.333. The molecule has 2 aromatic rings. The van der Waals surface area contributed by atoms with Gasteiger partial charge in [0.25, 0.3) is 5.56 Å². The van der Waals surface area contributed by atoms with Gasteiger partial charge in [0.15, 0.2) is 0 Å². The quantitative estimate of drug-likeness (QED) is 0.593. The number of carbonyl (C=O) groups excluding carboxylic acids is 1. The van der Waals surface area contributed by atoms with E-state index in [4.69, 9.17) is 4.74 Å². The number of rotatable bonds is 7. The summed E-state index contributed by atoms with van der Waals surface area (Å²) in [4.78, 5) is 30.2. The van der Waals surface area contributed by atoms with E-state index in [9.17, 15) is 9.59 Å². The van der Waals surface area contributed by atoms with Crippen molar-refractivity contribution in [1.29, 1.82) is 0 Å². The van der Waals surface area contributed by atoms with Crippen molar-refractivity contribution in [3.8, 4) is 5.75 Å². The number of ether oxygens (including phenoxy) is 1. The van der Waals surface area contributed by atoms with Crippen molar-refractivity contribution in [2.45, 2.75) is 19.4 Å². The molecule has 1 aromatic carbocycles. The van der Waals surface area contributed by atoms with E-state index in [0.29, 0.717) is 24.6 Å². The van der Waals surface area contributed by atoms with Gasteiger partial charge in [-0.3, -0.25) is 14.2 Å². The van der Waals surface area contributed by atoms with Crippen molar-refractivity contribution >= 4 is 11.6 Å². The van der Waals surface area contributed by atoms with Crippen LogP contribution in [0.2, 0.25) is 0 Å². The highest BCUT2D eigenvalue weighted by Crippen LogP contribution is 2.33. The van der Waals surface area contributed by atoms with Crippen LogP contribution >= 0.6 is 0 Å². The molecular formula is C30H34N4O3. The largest absolute Gasteiger partial charge is 0.489 e. The zero-order chi connectivity index (χ0) is 25.8. The van der Waals surface area contributed by atoms with Crippen LogP contribution in [0.5, 0.6) is 5.75 Å². The monoisotopic (exact) mass is 498 g/mol. The minimum absolute atomic E-state index is 0.0903. The summed E-state index contributed by atoms with van der Waals surface area (Å²) in [6.45, 7) is 8.24. The first-order valence-electron chi connectivity index (χ1n) is 12.9. The Balaban J connectivity index is 1.32. The average Bonchev–Trinajstić information content (AvgIpc) is 3.57. The summed E-state index contributed by atoms with van der Waals surface area (Å²) in [5, 5.41) is 3.30. The zero-order valence-electron chi connectivity index (χ0n) is 21.4. The number of hydrogen-bond acceptors (Lipinski definition) is 5. The molecule has 37 heavy (non-hydrogen) atoms. The molecule has 0 saturated carbocycles. The Morgan fingerprint density at radius 3 is 2.78 bits per heavy atom. The van der Waals surface area contributed by atoms with Gasteiger partial charge in [0.2, 0.25) is 5.91 Å². The lowest BCUT2D eigenvalue weighted by atomic mass is 9.99. The lowest BCUT2D eigenvalue weighted by Crippen LogP contribution is -2.41. The third kappa shape index (κ3) is 5.47. The highest BCUT2D eigenvalue weighted by molar-refractivity contribution is 5.80. The maximum atomic E-state index is 13.0. The van der Waals surface area contributed by atoms with Crippen molar-refractivity contribution in [2.75, 3.05) is 39.8 Å². The van der Waals surface area contributed by atoms with Gasteiger partial charge in [0.05, 0.1) is 5.92 Å². The smallest absolute Gasteiger partial charge is 0.258 e. The molecule has 0 aliphatic carbocycles. The van der Waals surface area contributed by atoms with Crippen LogP contribution in [0.3, 0.4) is 0 Å². The lowest BCUT2D eigenvalue weighted by molar-refractivity contribution is -0.134. The molecule has 3 aliphatic rings. The first-order valence-corrected chi connectivity index (χ1v) is 12.9. The molecule has 0 spiro atoms. The van der Waals surface area contributed by atoms with E-state index in [2.05, 4.69) is 29.9 Å². The number of benzene rings is 1. The fourth-order valence-electron chi connectivity index (χ4n) is 5.31. The summed E-state index contributed by atoms with van der Waals surface area (Å²) >= 11 is 0. The number of hydrogen-bond donors (Lipinski definition) is 1. The van der Waals surface area contributed by atoms with Gasteiger partial charge in [-0.25, -0.2) is 0 Å². The van der Waals surface area contributed by atoms with E-state index in [0.717, 1.165) is 44.6 Å². The van der Waals surface area contributed by atoms with E-state index >= 15 is 0 Å². The first kappa shape index (κ1) is 24.8. The summed E-state index contributed by atoms with van der Waals surface area (Å²) in [5.74, 6) is 0.880. The highest BCUT2D eigenvalue weighted by Gasteiger charge is 2.34. The van der Waals surface area contributed by atoms with Gasteiger partial charge in [-0.1, -0.05) is 43.0 Å². The van der Waals surface area contributed by atoms with E-state index in [-0.39, 0.29) is 17.4 Å². The molecule has 7 nitrogen and oxygen atoms in total. The lowest BCUT2D eigenvalue weighted by Gasteiger charge is -2.31. The normalized spacial score (nSPS) is 20.9. The Hall–Kier alpha value is -3.84. The summed E-state index contributed by atoms with van der Waals surface area (Å²) in [6.07, 6.45) is 9.18. The highest BCUT2D eigenvalue weighted by atomic mass is 16.5. The van der Waals surface area contributed by atoms with Gasteiger partial charge in [-0.05, 0) is 47.9 Å². The molecule has 7 heteroatoms. The number of amides is 1. The van der Waals surface area contributed by atoms with Crippen LogP contribution in [0.15, 0.2) is 95.1 Å². The Morgan fingerprint density at radius 1 is 1.22 bits per heavy atom. The minimum atomic E-state index is -0.182. The summed E-state index contributed by atoms with van der Waals surface area (Å²) in [5.41, 5.74) is 5.26. The molecule has 1 atom stereocenters. The molecule has 192 valence electrons. The fourth-order valence-corrected chi connectivity index (χ4v) is 5.31. The molecule has 1 aromatic heterocycles. The van der Waals surface area contributed by atoms with Crippen molar-refractivity contribution in [2.24, 2.45) is 5.92 Å². The van der Waals surface area contributed by atoms with Gasteiger partial charge in [0, 0.05) is 63.3 Å². The first-order chi connectivity index (χ1) is 18.0. The third-order valence-corrected chi connectivity index (χ3v) is 7.37. The zero-order valence-corrected chi connectivity index (χ0v) is 21.4. The van der Waals surface area contributed by atoms with Gasteiger partial charge in [0.1, 0.15) is 12.4 Å². The number of nitrogens with one attached hydrogen (secondary N) is 1. The SMILES string of the molecule is C=C/C(=C\C=C1/CN(C)C2=C1CN(C(=O)C1CCNC1)CC2)n1ccc(OCc2ccccc2)cc1=O. The molecule has 5 rings (SSSR count). The van der Waals surface area contributed by atoms with Gasteiger partial charge in [-0.2, -0.15) is 0 Å². The van der Waals surface area contributed by atoms with E-state index in [1.165, 1.54) is 22.9 Å². The minimum Gasteiger partial charge on any atom is -0.489 e. The Kier molecular flexibility index (Phi) is 7.42. The second kappa shape index (κ2) is 11.0. The predicted octanol–water partition coefficient (Wildman–Crippen LogP) is 3.42. The second-order valence-electron chi connectivity index (χ2n) is 9.81. The van der Waals surface area contributed by atoms with Crippen LogP contribution in [0.1, 0.15) is 18.4 Å². The molecule has 0 radical (unpaired) electrons. The molecule has 1 saturated heterocycles. The Labute approximate surface area is 218 Å². The molecular weight excluding hydrogens is 464 g/mol. The number of pyridine rings is 1. The summed E-state index contributed by atoms with van der Waals surface area (Å²) in [6, 6.07) is 13.2.